The van der Waals surface area contributed by atoms with Crippen molar-refractivity contribution in [3.8, 4) is 0 Å². The Labute approximate surface area is 112 Å². The fraction of sp³-hybridized carbons (Fsp3) is 0.500. The van der Waals surface area contributed by atoms with Gasteiger partial charge in [-0.25, -0.2) is 0 Å². The number of aliphatic hydroxyl groups is 1. The lowest BCUT2D eigenvalue weighted by Gasteiger charge is -2.46. The molecule has 1 heterocycles. The molecule has 0 radical (unpaired) electrons. The smallest absolute Gasteiger partial charge is 0.233 e. The van der Waals surface area contributed by atoms with Gasteiger partial charge in [-0.2, -0.15) is 0 Å². The average molecular weight is 265 g/mol. The van der Waals surface area contributed by atoms with Gasteiger partial charge in [0.1, 0.15) is 0 Å². The summed E-state index contributed by atoms with van der Waals surface area (Å²) < 4.78 is 0. The minimum Gasteiger partial charge on any atom is -0.386 e. The first-order valence-corrected chi connectivity index (χ1v) is 7.29. The van der Waals surface area contributed by atoms with E-state index in [9.17, 15) is 9.90 Å². The van der Waals surface area contributed by atoms with Gasteiger partial charge in [-0.15, -0.1) is 11.8 Å². The second-order valence-corrected chi connectivity index (χ2v) is 5.87. The summed E-state index contributed by atoms with van der Waals surface area (Å²) in [6.45, 7) is 3.04. The second-order valence-electron chi connectivity index (χ2n) is 4.83. The first-order valence-electron chi connectivity index (χ1n) is 6.31. The third-order valence-electron chi connectivity index (χ3n) is 3.14. The summed E-state index contributed by atoms with van der Waals surface area (Å²) in [5.74, 6) is 0.566. The molecule has 0 bridgehead atoms. The zero-order valence-electron chi connectivity index (χ0n) is 10.6. The average Bonchev–Trinajstić information content (AvgIpc) is 2.34. The van der Waals surface area contributed by atoms with Crippen molar-refractivity contribution in [2.75, 3.05) is 18.8 Å². The lowest BCUT2D eigenvalue weighted by Crippen LogP contribution is -2.63. The predicted octanol–water partition coefficient (Wildman–Crippen LogP) is 2.15. The van der Waals surface area contributed by atoms with Crippen LogP contribution in [0.5, 0.6) is 0 Å². The molecule has 18 heavy (non-hydrogen) atoms. The summed E-state index contributed by atoms with van der Waals surface area (Å²) in [5.41, 5.74) is -0.623. The molecule has 1 aliphatic rings. The first kappa shape index (κ1) is 13.4. The Bertz CT molecular complexity index is 402. The van der Waals surface area contributed by atoms with Crippen LogP contribution in [0.1, 0.15) is 19.8 Å². The minimum atomic E-state index is -0.623. The Balaban J connectivity index is 1.74. The van der Waals surface area contributed by atoms with Crippen molar-refractivity contribution in [1.82, 2.24) is 4.90 Å². The zero-order valence-corrected chi connectivity index (χ0v) is 11.4. The predicted molar refractivity (Wildman–Crippen MR) is 73.6 cm³/mol. The number of carbonyl (C=O) groups excluding carboxylic acids is 1. The standard InChI is InChI=1S/C14H19NO2S/c1-2-8-14(17)10-15(11-14)13(16)9-18-12-6-4-3-5-7-12/h3-7,17H,2,8-11H2,1H3. The molecule has 1 aliphatic heterocycles. The summed E-state index contributed by atoms with van der Waals surface area (Å²) >= 11 is 1.55. The van der Waals surface area contributed by atoms with Gasteiger partial charge in [-0.3, -0.25) is 4.79 Å². The van der Waals surface area contributed by atoms with Gasteiger partial charge in [0.05, 0.1) is 24.4 Å². The molecule has 4 heteroatoms. The lowest BCUT2D eigenvalue weighted by atomic mass is 9.89. The van der Waals surface area contributed by atoms with Crippen LogP contribution in [0.4, 0.5) is 0 Å². The van der Waals surface area contributed by atoms with Gasteiger partial charge >= 0.3 is 0 Å². The van der Waals surface area contributed by atoms with Crippen molar-refractivity contribution < 1.29 is 9.90 Å². The van der Waals surface area contributed by atoms with E-state index < -0.39 is 5.60 Å². The molecule has 1 fully saturated rings. The molecular formula is C14H19NO2S. The molecule has 1 amide bonds. The van der Waals surface area contributed by atoms with E-state index in [0.29, 0.717) is 18.8 Å². The summed E-state index contributed by atoms with van der Waals surface area (Å²) in [6, 6.07) is 9.90. The van der Waals surface area contributed by atoms with Gasteiger partial charge in [0.15, 0.2) is 0 Å². The Hall–Kier alpha value is -1.00. The van der Waals surface area contributed by atoms with Crippen LogP contribution in [0.15, 0.2) is 35.2 Å². The van der Waals surface area contributed by atoms with E-state index >= 15 is 0 Å². The summed E-state index contributed by atoms with van der Waals surface area (Å²) in [4.78, 5) is 14.7. The number of hydrogen-bond donors (Lipinski definition) is 1. The summed E-state index contributed by atoms with van der Waals surface area (Å²) in [6.07, 6.45) is 1.74. The molecule has 1 N–H and O–H groups in total. The van der Waals surface area contributed by atoms with E-state index in [2.05, 4.69) is 0 Å². The molecule has 2 rings (SSSR count). The van der Waals surface area contributed by atoms with Crippen molar-refractivity contribution in [3.63, 3.8) is 0 Å². The molecule has 1 aromatic rings. The van der Waals surface area contributed by atoms with Crippen molar-refractivity contribution in [2.24, 2.45) is 0 Å². The number of β-amino-alcohol motifs (C(OH)–C–C–N with tert-alkyl or cyclic N) is 1. The Kier molecular flexibility index (Phi) is 4.30. The monoisotopic (exact) mass is 265 g/mol. The summed E-state index contributed by atoms with van der Waals surface area (Å²) in [7, 11) is 0. The van der Waals surface area contributed by atoms with Crippen LogP contribution >= 0.6 is 11.8 Å². The minimum absolute atomic E-state index is 0.115. The number of nitrogens with zero attached hydrogens (tertiary/aromatic N) is 1. The molecule has 0 unspecified atom stereocenters. The van der Waals surface area contributed by atoms with Gasteiger partial charge in [-0.05, 0) is 18.6 Å². The Morgan fingerprint density at radius 2 is 2.06 bits per heavy atom. The van der Waals surface area contributed by atoms with E-state index in [1.165, 1.54) is 0 Å². The molecule has 1 saturated heterocycles. The molecule has 1 aromatic carbocycles. The van der Waals surface area contributed by atoms with Crippen molar-refractivity contribution in [1.29, 1.82) is 0 Å². The highest BCUT2D eigenvalue weighted by Crippen LogP contribution is 2.27. The van der Waals surface area contributed by atoms with Crippen LogP contribution in [0, 0.1) is 0 Å². The van der Waals surface area contributed by atoms with Crippen LogP contribution in [0.3, 0.4) is 0 Å². The van der Waals surface area contributed by atoms with E-state index in [1.807, 2.05) is 37.3 Å². The van der Waals surface area contributed by atoms with Gasteiger partial charge < -0.3 is 10.0 Å². The highest BCUT2D eigenvalue weighted by Gasteiger charge is 2.42. The molecular weight excluding hydrogens is 246 g/mol. The first-order chi connectivity index (χ1) is 8.63. The van der Waals surface area contributed by atoms with Crippen molar-refractivity contribution in [3.05, 3.63) is 30.3 Å². The molecule has 0 atom stereocenters. The third-order valence-corrected chi connectivity index (χ3v) is 4.14. The maximum absolute atomic E-state index is 11.9. The van der Waals surface area contributed by atoms with E-state index in [1.54, 1.807) is 16.7 Å². The van der Waals surface area contributed by atoms with Crippen molar-refractivity contribution in [2.45, 2.75) is 30.3 Å². The molecule has 0 spiro atoms. The molecule has 0 aromatic heterocycles. The van der Waals surface area contributed by atoms with Gasteiger partial charge in [0, 0.05) is 4.90 Å². The lowest BCUT2D eigenvalue weighted by molar-refractivity contribution is -0.153. The SMILES string of the molecule is CCCC1(O)CN(C(=O)CSc2ccccc2)C1. The summed E-state index contributed by atoms with van der Waals surface area (Å²) in [5, 5.41) is 10.0. The largest absolute Gasteiger partial charge is 0.386 e. The highest BCUT2D eigenvalue weighted by molar-refractivity contribution is 8.00. The van der Waals surface area contributed by atoms with Crippen molar-refractivity contribution >= 4 is 17.7 Å². The molecule has 3 nitrogen and oxygen atoms in total. The fourth-order valence-corrected chi connectivity index (χ4v) is 3.04. The van der Waals surface area contributed by atoms with Crippen LogP contribution in [0.25, 0.3) is 0 Å². The second kappa shape index (κ2) is 5.76. The quantitative estimate of drug-likeness (QED) is 0.829. The van der Waals surface area contributed by atoms with Gasteiger partial charge in [0.25, 0.3) is 0 Å². The number of likely N-dealkylation sites (tertiary alicyclic amines) is 1. The molecule has 98 valence electrons. The van der Waals surface area contributed by atoms with Crippen LogP contribution in [-0.4, -0.2) is 40.4 Å². The number of amides is 1. The van der Waals surface area contributed by atoms with Crippen LogP contribution in [-0.2, 0) is 4.79 Å². The highest BCUT2D eigenvalue weighted by atomic mass is 32.2. The maximum Gasteiger partial charge on any atom is 0.233 e. The van der Waals surface area contributed by atoms with Gasteiger partial charge in [0.2, 0.25) is 5.91 Å². The number of rotatable bonds is 5. The van der Waals surface area contributed by atoms with E-state index in [0.717, 1.165) is 17.7 Å². The Morgan fingerprint density at radius 3 is 2.67 bits per heavy atom. The normalized spacial score (nSPS) is 17.3. The van der Waals surface area contributed by atoms with Crippen LogP contribution < -0.4 is 0 Å². The van der Waals surface area contributed by atoms with E-state index in [4.69, 9.17) is 0 Å². The van der Waals surface area contributed by atoms with E-state index in [-0.39, 0.29) is 5.91 Å². The number of benzene rings is 1. The Morgan fingerprint density at radius 1 is 1.39 bits per heavy atom. The number of hydrogen-bond acceptors (Lipinski definition) is 3. The third kappa shape index (κ3) is 3.27. The number of carbonyl (C=O) groups is 1. The van der Waals surface area contributed by atoms with Gasteiger partial charge in [-0.1, -0.05) is 31.5 Å². The number of thioether (sulfide) groups is 1. The topological polar surface area (TPSA) is 40.5 Å². The fourth-order valence-electron chi connectivity index (χ4n) is 2.22. The van der Waals surface area contributed by atoms with Crippen LogP contribution in [0.2, 0.25) is 0 Å². The zero-order chi connectivity index (χ0) is 13.0. The molecule has 0 saturated carbocycles. The molecule has 0 aliphatic carbocycles. The maximum atomic E-state index is 11.9.